The number of sulfone groups is 1. The second-order valence-corrected chi connectivity index (χ2v) is 8.73. The molecule has 1 saturated heterocycles. The molecule has 0 saturated carbocycles. The molecule has 7 heteroatoms. The average Bonchev–Trinajstić information content (AvgIpc) is 2.63. The normalized spacial score (nSPS) is 22.8. The van der Waals surface area contributed by atoms with Gasteiger partial charge in [-0.25, -0.2) is 16.8 Å². The van der Waals surface area contributed by atoms with Gasteiger partial charge in [-0.1, -0.05) is 17.7 Å². The Hall–Kier alpha value is -1.08. The van der Waals surface area contributed by atoms with E-state index < -0.39 is 25.1 Å². The minimum atomic E-state index is -3.63. The highest BCUT2D eigenvalue weighted by Crippen LogP contribution is 2.21. The van der Waals surface area contributed by atoms with Crippen LogP contribution in [0.4, 0.5) is 5.69 Å². The first kappa shape index (κ1) is 13.4. The van der Waals surface area contributed by atoms with Gasteiger partial charge in [-0.3, -0.25) is 4.72 Å². The third-order valence-corrected chi connectivity index (χ3v) is 6.72. The predicted molar refractivity (Wildman–Crippen MR) is 70.8 cm³/mol. The molecule has 0 spiro atoms. The Kier molecular flexibility index (Phi) is 3.37. The average molecular weight is 289 g/mol. The fourth-order valence-electron chi connectivity index (χ4n) is 1.87. The minimum absolute atomic E-state index is 0.0491. The number of hydrogen-bond acceptors (Lipinski definition) is 4. The number of nitrogens with one attached hydrogen (secondary N) is 1. The highest BCUT2D eigenvalue weighted by Gasteiger charge is 2.37. The highest BCUT2D eigenvalue weighted by molar-refractivity contribution is 7.97. The van der Waals surface area contributed by atoms with Crippen LogP contribution in [0.25, 0.3) is 0 Å². The molecular weight excluding hydrogens is 274 g/mol. The van der Waals surface area contributed by atoms with Crippen LogP contribution in [0.1, 0.15) is 12.0 Å². The zero-order valence-electron chi connectivity index (χ0n) is 9.96. The lowest BCUT2D eigenvalue weighted by molar-refractivity contribution is 0.587. The standard InChI is InChI=1S/C11H15NO4S2/c1-9-2-4-10(5-3-9)12-18(15,16)11-6-7-17(13,14)8-11/h2-5,11-12H,6-8H2,1H3/t11-/m0/s1. The summed E-state index contributed by atoms with van der Waals surface area (Å²) in [5.74, 6) is -0.333. The van der Waals surface area contributed by atoms with Crippen molar-refractivity contribution in [3.05, 3.63) is 29.8 Å². The van der Waals surface area contributed by atoms with E-state index in [4.69, 9.17) is 0 Å². The fourth-order valence-corrected chi connectivity index (χ4v) is 5.97. The quantitative estimate of drug-likeness (QED) is 0.897. The van der Waals surface area contributed by atoms with Gasteiger partial charge in [-0.15, -0.1) is 0 Å². The van der Waals surface area contributed by atoms with Crippen molar-refractivity contribution in [2.24, 2.45) is 0 Å². The van der Waals surface area contributed by atoms with Gasteiger partial charge in [0, 0.05) is 5.69 Å². The molecule has 0 radical (unpaired) electrons. The molecule has 0 aromatic heterocycles. The second kappa shape index (κ2) is 4.55. The molecule has 1 N–H and O–H groups in total. The molecule has 1 aromatic carbocycles. The Balaban J connectivity index is 2.15. The first-order chi connectivity index (χ1) is 8.28. The fraction of sp³-hybridized carbons (Fsp3) is 0.455. The molecule has 5 nitrogen and oxygen atoms in total. The zero-order chi connectivity index (χ0) is 13.4. The topological polar surface area (TPSA) is 80.3 Å². The van der Waals surface area contributed by atoms with Crippen molar-refractivity contribution in [1.29, 1.82) is 0 Å². The zero-order valence-corrected chi connectivity index (χ0v) is 11.6. The van der Waals surface area contributed by atoms with E-state index in [0.29, 0.717) is 5.69 Å². The highest BCUT2D eigenvalue weighted by atomic mass is 32.2. The van der Waals surface area contributed by atoms with Gasteiger partial charge in [0.1, 0.15) is 0 Å². The molecule has 1 fully saturated rings. The third kappa shape index (κ3) is 3.02. The summed E-state index contributed by atoms with van der Waals surface area (Å²) in [6.07, 6.45) is 0.170. The maximum Gasteiger partial charge on any atom is 0.236 e. The van der Waals surface area contributed by atoms with Gasteiger partial charge >= 0.3 is 0 Å². The van der Waals surface area contributed by atoms with E-state index in [0.717, 1.165) is 5.56 Å². The molecule has 0 bridgehead atoms. The molecule has 100 valence electrons. The summed E-state index contributed by atoms with van der Waals surface area (Å²) in [5.41, 5.74) is 1.49. The Morgan fingerprint density at radius 1 is 1.22 bits per heavy atom. The van der Waals surface area contributed by atoms with Crippen LogP contribution in [0.3, 0.4) is 0 Å². The Bertz CT molecular complexity index is 632. The van der Waals surface area contributed by atoms with Crippen molar-refractivity contribution in [2.75, 3.05) is 16.2 Å². The summed E-state index contributed by atoms with van der Waals surface area (Å²) in [4.78, 5) is 0. The Labute approximate surface area is 107 Å². The van der Waals surface area contributed by atoms with Crippen LogP contribution in [-0.4, -0.2) is 33.6 Å². The van der Waals surface area contributed by atoms with Gasteiger partial charge in [0.05, 0.1) is 16.8 Å². The number of anilines is 1. The van der Waals surface area contributed by atoms with Crippen molar-refractivity contribution in [3.8, 4) is 0 Å². The van der Waals surface area contributed by atoms with Gasteiger partial charge in [0.25, 0.3) is 0 Å². The van der Waals surface area contributed by atoms with Crippen LogP contribution < -0.4 is 4.72 Å². The maximum atomic E-state index is 12.0. The lowest BCUT2D eigenvalue weighted by Gasteiger charge is -2.12. The largest absolute Gasteiger partial charge is 0.283 e. The van der Waals surface area contributed by atoms with Crippen LogP contribution in [0.15, 0.2) is 24.3 Å². The molecule has 1 aromatic rings. The summed E-state index contributed by atoms with van der Waals surface area (Å²) in [5, 5.41) is -0.844. The van der Waals surface area contributed by atoms with Gasteiger partial charge < -0.3 is 0 Å². The van der Waals surface area contributed by atoms with Gasteiger partial charge in [0.2, 0.25) is 10.0 Å². The molecular formula is C11H15NO4S2. The molecule has 1 aliphatic heterocycles. The summed E-state index contributed by atoms with van der Waals surface area (Å²) in [6.45, 7) is 1.90. The van der Waals surface area contributed by atoms with Crippen LogP contribution in [-0.2, 0) is 19.9 Å². The van der Waals surface area contributed by atoms with E-state index in [2.05, 4.69) is 4.72 Å². The Morgan fingerprint density at radius 3 is 2.33 bits per heavy atom. The summed E-state index contributed by atoms with van der Waals surface area (Å²) in [7, 11) is -6.82. The number of rotatable bonds is 3. The minimum Gasteiger partial charge on any atom is -0.283 e. The number of aryl methyl sites for hydroxylation is 1. The van der Waals surface area contributed by atoms with E-state index in [1.807, 2.05) is 6.92 Å². The molecule has 1 atom stereocenters. The number of benzene rings is 1. The van der Waals surface area contributed by atoms with Crippen molar-refractivity contribution in [2.45, 2.75) is 18.6 Å². The smallest absolute Gasteiger partial charge is 0.236 e. The number of sulfonamides is 1. The van der Waals surface area contributed by atoms with Gasteiger partial charge in [-0.2, -0.15) is 0 Å². The van der Waals surface area contributed by atoms with Crippen molar-refractivity contribution in [1.82, 2.24) is 0 Å². The van der Waals surface area contributed by atoms with E-state index in [1.54, 1.807) is 24.3 Å². The van der Waals surface area contributed by atoms with E-state index in [9.17, 15) is 16.8 Å². The van der Waals surface area contributed by atoms with Crippen LogP contribution in [0.2, 0.25) is 0 Å². The van der Waals surface area contributed by atoms with Crippen molar-refractivity contribution >= 4 is 25.5 Å². The first-order valence-corrected chi connectivity index (χ1v) is 8.94. The third-order valence-electron chi connectivity index (χ3n) is 2.94. The Morgan fingerprint density at radius 2 is 1.83 bits per heavy atom. The van der Waals surface area contributed by atoms with Crippen LogP contribution in [0.5, 0.6) is 0 Å². The molecule has 0 aliphatic carbocycles. The lowest BCUT2D eigenvalue weighted by Crippen LogP contribution is -2.28. The van der Waals surface area contributed by atoms with E-state index >= 15 is 0 Å². The molecule has 18 heavy (non-hydrogen) atoms. The molecule has 0 amide bonds. The van der Waals surface area contributed by atoms with E-state index in [1.165, 1.54) is 0 Å². The molecule has 1 aliphatic rings. The summed E-state index contributed by atoms with van der Waals surface area (Å²) < 4.78 is 49.0. The lowest BCUT2D eigenvalue weighted by atomic mass is 10.2. The maximum absolute atomic E-state index is 12.0. The predicted octanol–water partition coefficient (Wildman–Crippen LogP) is 0.924. The number of hydrogen-bond donors (Lipinski definition) is 1. The van der Waals surface area contributed by atoms with Crippen molar-refractivity contribution in [3.63, 3.8) is 0 Å². The van der Waals surface area contributed by atoms with Crippen molar-refractivity contribution < 1.29 is 16.8 Å². The van der Waals surface area contributed by atoms with Gasteiger partial charge in [-0.05, 0) is 25.5 Å². The summed E-state index contributed by atoms with van der Waals surface area (Å²) >= 11 is 0. The summed E-state index contributed by atoms with van der Waals surface area (Å²) in [6, 6.07) is 6.92. The molecule has 1 heterocycles. The molecule has 2 rings (SSSR count). The van der Waals surface area contributed by atoms with Crippen LogP contribution in [0, 0.1) is 6.92 Å². The second-order valence-electron chi connectivity index (χ2n) is 4.54. The first-order valence-electron chi connectivity index (χ1n) is 5.57. The van der Waals surface area contributed by atoms with E-state index in [-0.39, 0.29) is 17.9 Å². The van der Waals surface area contributed by atoms with Crippen LogP contribution >= 0.6 is 0 Å². The van der Waals surface area contributed by atoms with Gasteiger partial charge in [0.15, 0.2) is 9.84 Å². The monoisotopic (exact) mass is 289 g/mol. The SMILES string of the molecule is Cc1ccc(NS(=O)(=O)[C@H]2CCS(=O)(=O)C2)cc1. The molecule has 0 unspecified atom stereocenters.